The fraction of sp³-hybridized carbons (Fsp3) is 0.938. The number of rotatable bonds is 7. The Labute approximate surface area is 124 Å². The van der Waals surface area contributed by atoms with Gasteiger partial charge >= 0.3 is 5.97 Å². The summed E-state index contributed by atoms with van der Waals surface area (Å²) in [6, 6.07) is 0.460. The molecule has 4 heteroatoms. The molecule has 1 rings (SSSR count). The molecule has 0 aromatic carbocycles. The first-order valence-corrected chi connectivity index (χ1v) is 8.07. The molecule has 1 N–H and O–H groups in total. The minimum Gasteiger partial charge on any atom is -0.465 e. The van der Waals surface area contributed by atoms with Crippen LogP contribution in [0.15, 0.2) is 0 Å². The molecule has 0 saturated carbocycles. The van der Waals surface area contributed by atoms with Gasteiger partial charge in [0, 0.05) is 18.1 Å². The smallest absolute Gasteiger partial charge is 0.320 e. The molecule has 1 heterocycles. The van der Waals surface area contributed by atoms with Crippen molar-refractivity contribution in [2.45, 2.75) is 71.4 Å². The van der Waals surface area contributed by atoms with Crippen molar-refractivity contribution in [3.05, 3.63) is 0 Å². The van der Waals surface area contributed by atoms with Crippen molar-refractivity contribution in [2.24, 2.45) is 0 Å². The van der Waals surface area contributed by atoms with Crippen LogP contribution in [0.1, 0.15) is 59.8 Å². The van der Waals surface area contributed by atoms with Gasteiger partial charge in [-0.05, 0) is 46.6 Å². The number of carbonyl (C=O) groups excluding carboxylic acids is 1. The third kappa shape index (κ3) is 7.25. The molecule has 0 radical (unpaired) electrons. The average Bonchev–Trinajstić information content (AvgIpc) is 2.37. The molecule has 1 aliphatic heterocycles. The number of nitrogens with one attached hydrogen (secondary N) is 1. The third-order valence-corrected chi connectivity index (χ3v) is 3.71. The van der Waals surface area contributed by atoms with Gasteiger partial charge < -0.3 is 10.1 Å². The van der Waals surface area contributed by atoms with Crippen molar-refractivity contribution in [1.29, 1.82) is 0 Å². The lowest BCUT2D eigenvalue weighted by Crippen LogP contribution is -2.51. The highest BCUT2D eigenvalue weighted by Crippen LogP contribution is 2.17. The van der Waals surface area contributed by atoms with Gasteiger partial charge in [0.2, 0.25) is 0 Å². The van der Waals surface area contributed by atoms with Gasteiger partial charge in [-0.1, -0.05) is 19.8 Å². The Morgan fingerprint density at radius 3 is 2.75 bits per heavy atom. The number of ether oxygens (including phenoxy) is 1. The van der Waals surface area contributed by atoms with Crippen molar-refractivity contribution in [3.8, 4) is 0 Å². The van der Waals surface area contributed by atoms with E-state index in [0.717, 1.165) is 25.9 Å². The van der Waals surface area contributed by atoms with Gasteiger partial charge in [0.05, 0.1) is 13.2 Å². The summed E-state index contributed by atoms with van der Waals surface area (Å²) >= 11 is 0. The van der Waals surface area contributed by atoms with Crippen LogP contribution in [0.25, 0.3) is 0 Å². The van der Waals surface area contributed by atoms with E-state index in [1.807, 2.05) is 0 Å². The second-order valence-corrected chi connectivity index (χ2v) is 6.83. The SMILES string of the molecule is CCCCOC(=O)CN1CCCCC1CNC(C)(C)C. The van der Waals surface area contributed by atoms with Crippen LogP contribution in [-0.2, 0) is 9.53 Å². The van der Waals surface area contributed by atoms with E-state index >= 15 is 0 Å². The molecule has 0 aromatic heterocycles. The molecule has 0 aromatic rings. The Bertz CT molecular complexity index is 287. The molecule has 1 saturated heterocycles. The largest absolute Gasteiger partial charge is 0.465 e. The van der Waals surface area contributed by atoms with Crippen molar-refractivity contribution in [3.63, 3.8) is 0 Å². The summed E-state index contributed by atoms with van der Waals surface area (Å²) < 4.78 is 5.28. The van der Waals surface area contributed by atoms with Crippen LogP contribution >= 0.6 is 0 Å². The lowest BCUT2D eigenvalue weighted by molar-refractivity contribution is -0.146. The van der Waals surface area contributed by atoms with Gasteiger partial charge in [-0.15, -0.1) is 0 Å². The molecule has 0 amide bonds. The topological polar surface area (TPSA) is 41.6 Å². The summed E-state index contributed by atoms with van der Waals surface area (Å²) in [7, 11) is 0. The van der Waals surface area contributed by atoms with Gasteiger partial charge in [-0.3, -0.25) is 9.69 Å². The van der Waals surface area contributed by atoms with Gasteiger partial charge in [0.15, 0.2) is 0 Å². The van der Waals surface area contributed by atoms with Crippen LogP contribution in [0.2, 0.25) is 0 Å². The van der Waals surface area contributed by atoms with Gasteiger partial charge in [-0.2, -0.15) is 0 Å². The number of unbranched alkanes of at least 4 members (excludes halogenated alkanes) is 1. The van der Waals surface area contributed by atoms with Gasteiger partial charge in [0.25, 0.3) is 0 Å². The zero-order valence-corrected chi connectivity index (χ0v) is 13.7. The first-order valence-electron chi connectivity index (χ1n) is 8.07. The van der Waals surface area contributed by atoms with E-state index in [1.54, 1.807) is 0 Å². The third-order valence-electron chi connectivity index (χ3n) is 3.71. The van der Waals surface area contributed by atoms with Crippen LogP contribution in [0.4, 0.5) is 0 Å². The number of esters is 1. The second-order valence-electron chi connectivity index (χ2n) is 6.83. The summed E-state index contributed by atoms with van der Waals surface area (Å²) in [4.78, 5) is 14.1. The number of piperidine rings is 1. The van der Waals surface area contributed by atoms with Crippen LogP contribution in [-0.4, -0.2) is 48.7 Å². The minimum absolute atomic E-state index is 0.0684. The lowest BCUT2D eigenvalue weighted by Gasteiger charge is -2.36. The molecule has 0 bridgehead atoms. The molecular weight excluding hydrogens is 252 g/mol. The molecule has 1 aliphatic rings. The van der Waals surface area contributed by atoms with Crippen LogP contribution in [0.3, 0.4) is 0 Å². The molecule has 118 valence electrons. The Kier molecular flexibility index (Phi) is 7.52. The second kappa shape index (κ2) is 8.63. The summed E-state index contributed by atoms with van der Waals surface area (Å²) in [6.07, 6.45) is 5.65. The maximum Gasteiger partial charge on any atom is 0.320 e. The molecule has 1 atom stereocenters. The highest BCUT2D eigenvalue weighted by atomic mass is 16.5. The van der Waals surface area contributed by atoms with Crippen molar-refractivity contribution >= 4 is 5.97 Å². The van der Waals surface area contributed by atoms with E-state index in [2.05, 4.69) is 37.9 Å². The normalized spacial score (nSPS) is 20.9. The van der Waals surface area contributed by atoms with Crippen molar-refractivity contribution < 1.29 is 9.53 Å². The van der Waals surface area contributed by atoms with E-state index in [9.17, 15) is 4.79 Å². The Balaban J connectivity index is 2.37. The molecular formula is C16H32N2O2. The Hall–Kier alpha value is -0.610. The predicted molar refractivity (Wildman–Crippen MR) is 82.8 cm³/mol. The summed E-state index contributed by atoms with van der Waals surface area (Å²) in [5.41, 5.74) is 0.130. The van der Waals surface area contributed by atoms with E-state index in [1.165, 1.54) is 19.3 Å². The first-order chi connectivity index (χ1) is 9.42. The summed E-state index contributed by atoms with van der Waals surface area (Å²) in [5.74, 6) is -0.0684. The minimum atomic E-state index is -0.0684. The van der Waals surface area contributed by atoms with E-state index < -0.39 is 0 Å². The van der Waals surface area contributed by atoms with Crippen molar-refractivity contribution in [2.75, 3.05) is 26.2 Å². The van der Waals surface area contributed by atoms with Crippen LogP contribution in [0, 0.1) is 0 Å². The van der Waals surface area contributed by atoms with Crippen LogP contribution in [0.5, 0.6) is 0 Å². The van der Waals surface area contributed by atoms with Crippen molar-refractivity contribution in [1.82, 2.24) is 10.2 Å². The summed E-state index contributed by atoms with van der Waals surface area (Å²) in [5, 5.41) is 3.55. The average molecular weight is 284 g/mol. The van der Waals surface area contributed by atoms with E-state index in [4.69, 9.17) is 4.74 Å². The quantitative estimate of drug-likeness (QED) is 0.576. The first kappa shape index (κ1) is 17.4. The van der Waals surface area contributed by atoms with Crippen LogP contribution < -0.4 is 5.32 Å². The van der Waals surface area contributed by atoms with Gasteiger partial charge in [0.1, 0.15) is 0 Å². The Morgan fingerprint density at radius 1 is 1.35 bits per heavy atom. The number of hydrogen-bond acceptors (Lipinski definition) is 4. The fourth-order valence-electron chi connectivity index (χ4n) is 2.47. The monoisotopic (exact) mass is 284 g/mol. The highest BCUT2D eigenvalue weighted by molar-refractivity contribution is 5.71. The van der Waals surface area contributed by atoms with Gasteiger partial charge in [-0.25, -0.2) is 0 Å². The number of likely N-dealkylation sites (tertiary alicyclic amines) is 1. The maximum absolute atomic E-state index is 11.8. The number of nitrogens with zero attached hydrogens (tertiary/aromatic N) is 1. The zero-order chi connectivity index (χ0) is 15.0. The lowest BCUT2D eigenvalue weighted by atomic mass is 10.0. The molecule has 1 fully saturated rings. The zero-order valence-electron chi connectivity index (χ0n) is 13.7. The number of hydrogen-bond donors (Lipinski definition) is 1. The molecule has 20 heavy (non-hydrogen) atoms. The maximum atomic E-state index is 11.8. The molecule has 0 spiro atoms. The highest BCUT2D eigenvalue weighted by Gasteiger charge is 2.25. The molecule has 4 nitrogen and oxygen atoms in total. The number of carbonyl (C=O) groups is 1. The molecule has 1 unspecified atom stereocenters. The summed E-state index contributed by atoms with van der Waals surface area (Å²) in [6.45, 7) is 11.6. The van der Waals surface area contributed by atoms with E-state index in [-0.39, 0.29) is 11.5 Å². The predicted octanol–water partition coefficient (Wildman–Crippen LogP) is 2.57. The molecule has 0 aliphatic carbocycles. The standard InChI is InChI=1S/C16H32N2O2/c1-5-6-11-20-15(19)13-18-10-8-7-9-14(18)12-17-16(2,3)4/h14,17H,5-13H2,1-4H3. The van der Waals surface area contributed by atoms with E-state index in [0.29, 0.717) is 19.2 Å². The fourth-order valence-corrected chi connectivity index (χ4v) is 2.47. The Morgan fingerprint density at radius 2 is 2.10 bits per heavy atom.